The second-order valence-electron chi connectivity index (χ2n) is 6.82. The number of halogens is 2. The van der Waals surface area contributed by atoms with Gasteiger partial charge in [0.2, 0.25) is 0 Å². The highest BCUT2D eigenvalue weighted by Gasteiger charge is 2.28. The number of nitrogens with zero attached hydrogens (tertiary/aromatic N) is 1. The van der Waals surface area contributed by atoms with E-state index in [1.165, 1.54) is 0 Å². The summed E-state index contributed by atoms with van der Waals surface area (Å²) in [6.07, 6.45) is 0.674. The number of likely N-dealkylation sites (tertiary alicyclic amines) is 1. The van der Waals surface area contributed by atoms with E-state index >= 15 is 0 Å². The van der Waals surface area contributed by atoms with Crippen molar-refractivity contribution in [2.45, 2.75) is 38.8 Å². The molecule has 1 aromatic heterocycles. The van der Waals surface area contributed by atoms with Gasteiger partial charge in [-0.15, -0.1) is 0 Å². The number of nitrogens with one attached hydrogen (secondary N) is 1. The van der Waals surface area contributed by atoms with Crippen molar-refractivity contribution in [3.05, 3.63) is 51.9 Å². The molecule has 1 aliphatic heterocycles. The zero-order chi connectivity index (χ0) is 20.3. The third-order valence-corrected chi connectivity index (χ3v) is 5.18. The number of aryl methyl sites for hydroxylation is 1. The van der Waals surface area contributed by atoms with Gasteiger partial charge in [0.1, 0.15) is 11.5 Å². The van der Waals surface area contributed by atoms with Crippen LogP contribution in [0.15, 0.2) is 34.7 Å². The smallest absolute Gasteiger partial charge is 0.287 e. The largest absolute Gasteiger partial charge is 0.479 e. The SMILES string of the molecule is Cc1ccc(C(=O)NC2CCN(C(=O)C(C)Oc3ccc(Cl)cc3Cl)CC2)o1. The van der Waals surface area contributed by atoms with E-state index in [1.54, 1.807) is 49.1 Å². The highest BCUT2D eigenvalue weighted by molar-refractivity contribution is 6.35. The Bertz CT molecular complexity index is 860. The van der Waals surface area contributed by atoms with Crippen molar-refractivity contribution >= 4 is 35.0 Å². The molecule has 2 heterocycles. The van der Waals surface area contributed by atoms with Crippen molar-refractivity contribution < 1.29 is 18.7 Å². The second kappa shape index (κ2) is 8.88. The molecular formula is C20H22Cl2N2O4. The number of hydrogen-bond donors (Lipinski definition) is 1. The normalized spacial score (nSPS) is 15.9. The van der Waals surface area contributed by atoms with E-state index in [2.05, 4.69) is 5.32 Å². The topological polar surface area (TPSA) is 71.8 Å². The molecule has 2 aromatic rings. The van der Waals surface area contributed by atoms with Crippen molar-refractivity contribution in [1.82, 2.24) is 10.2 Å². The first-order valence-corrected chi connectivity index (χ1v) is 9.87. The molecule has 1 fully saturated rings. The van der Waals surface area contributed by atoms with E-state index in [0.29, 0.717) is 53.2 Å². The van der Waals surface area contributed by atoms with Gasteiger partial charge in [-0.05, 0) is 57.0 Å². The van der Waals surface area contributed by atoms with Crippen LogP contribution < -0.4 is 10.1 Å². The lowest BCUT2D eigenvalue weighted by atomic mass is 10.0. The number of ether oxygens (including phenoxy) is 1. The first-order chi connectivity index (χ1) is 13.3. The van der Waals surface area contributed by atoms with E-state index in [1.807, 2.05) is 0 Å². The molecule has 1 atom stereocenters. The van der Waals surface area contributed by atoms with Gasteiger partial charge in [0.25, 0.3) is 11.8 Å². The van der Waals surface area contributed by atoms with E-state index < -0.39 is 6.10 Å². The number of benzene rings is 1. The van der Waals surface area contributed by atoms with Gasteiger partial charge in [-0.3, -0.25) is 9.59 Å². The summed E-state index contributed by atoms with van der Waals surface area (Å²) in [6.45, 7) is 4.58. The fraction of sp³-hybridized carbons (Fsp3) is 0.400. The molecule has 1 unspecified atom stereocenters. The number of hydrogen-bond acceptors (Lipinski definition) is 4. The minimum Gasteiger partial charge on any atom is -0.479 e. The molecule has 8 heteroatoms. The Kier molecular flexibility index (Phi) is 6.52. The predicted molar refractivity (Wildman–Crippen MR) is 107 cm³/mol. The maximum Gasteiger partial charge on any atom is 0.287 e. The van der Waals surface area contributed by atoms with Gasteiger partial charge in [0.05, 0.1) is 5.02 Å². The van der Waals surface area contributed by atoms with Crippen molar-refractivity contribution in [3.8, 4) is 5.75 Å². The predicted octanol–water partition coefficient (Wildman–Crippen LogP) is 4.08. The van der Waals surface area contributed by atoms with E-state index in [4.69, 9.17) is 32.4 Å². The Hall–Kier alpha value is -2.18. The van der Waals surface area contributed by atoms with Crippen LogP contribution in [0.3, 0.4) is 0 Å². The third kappa shape index (κ3) is 5.00. The fourth-order valence-electron chi connectivity index (χ4n) is 3.13. The molecule has 0 aliphatic carbocycles. The Morgan fingerprint density at radius 2 is 1.93 bits per heavy atom. The van der Waals surface area contributed by atoms with Gasteiger partial charge in [-0.25, -0.2) is 0 Å². The van der Waals surface area contributed by atoms with Crippen molar-refractivity contribution in [2.75, 3.05) is 13.1 Å². The van der Waals surface area contributed by atoms with E-state index in [9.17, 15) is 9.59 Å². The number of furan rings is 1. The molecule has 1 aliphatic rings. The van der Waals surface area contributed by atoms with Crippen LogP contribution in [0.1, 0.15) is 36.1 Å². The van der Waals surface area contributed by atoms with Crippen LogP contribution in [0, 0.1) is 6.92 Å². The minimum absolute atomic E-state index is 0.00360. The Balaban J connectivity index is 1.49. The van der Waals surface area contributed by atoms with Crippen LogP contribution in [0.4, 0.5) is 0 Å². The van der Waals surface area contributed by atoms with E-state index in [-0.39, 0.29) is 17.9 Å². The highest BCUT2D eigenvalue weighted by Crippen LogP contribution is 2.28. The molecule has 2 amide bonds. The number of carbonyl (C=O) groups excluding carboxylic acids is 2. The van der Waals surface area contributed by atoms with Gasteiger partial charge >= 0.3 is 0 Å². The van der Waals surface area contributed by atoms with Gasteiger partial charge in [-0.2, -0.15) is 0 Å². The molecule has 0 bridgehead atoms. The lowest BCUT2D eigenvalue weighted by Crippen LogP contribution is -2.49. The number of piperidine rings is 1. The molecular weight excluding hydrogens is 403 g/mol. The monoisotopic (exact) mass is 424 g/mol. The average molecular weight is 425 g/mol. The van der Waals surface area contributed by atoms with Crippen LogP contribution in [-0.4, -0.2) is 41.9 Å². The second-order valence-corrected chi connectivity index (χ2v) is 7.66. The van der Waals surface area contributed by atoms with Crippen LogP contribution >= 0.6 is 23.2 Å². The first-order valence-electron chi connectivity index (χ1n) is 9.11. The van der Waals surface area contributed by atoms with Crippen LogP contribution in [0.25, 0.3) is 0 Å². The Morgan fingerprint density at radius 1 is 1.21 bits per heavy atom. The minimum atomic E-state index is -0.670. The summed E-state index contributed by atoms with van der Waals surface area (Å²) in [5.74, 6) is 1.07. The summed E-state index contributed by atoms with van der Waals surface area (Å²) in [5, 5.41) is 3.83. The summed E-state index contributed by atoms with van der Waals surface area (Å²) < 4.78 is 11.0. The molecule has 0 radical (unpaired) electrons. The van der Waals surface area contributed by atoms with Gasteiger partial charge < -0.3 is 19.4 Å². The summed E-state index contributed by atoms with van der Waals surface area (Å²) in [4.78, 5) is 26.6. The lowest BCUT2D eigenvalue weighted by Gasteiger charge is -2.33. The Labute approximate surface area is 173 Å². The number of amides is 2. The van der Waals surface area contributed by atoms with Crippen molar-refractivity contribution in [3.63, 3.8) is 0 Å². The molecule has 28 heavy (non-hydrogen) atoms. The van der Waals surface area contributed by atoms with Gasteiger partial charge in [-0.1, -0.05) is 23.2 Å². The summed E-state index contributed by atoms with van der Waals surface area (Å²) in [6, 6.07) is 8.30. The molecule has 150 valence electrons. The third-order valence-electron chi connectivity index (χ3n) is 4.65. The Morgan fingerprint density at radius 3 is 2.54 bits per heavy atom. The van der Waals surface area contributed by atoms with Crippen LogP contribution in [0.5, 0.6) is 5.75 Å². The molecule has 1 aromatic carbocycles. The zero-order valence-electron chi connectivity index (χ0n) is 15.7. The van der Waals surface area contributed by atoms with Crippen LogP contribution in [0.2, 0.25) is 10.0 Å². The summed E-state index contributed by atoms with van der Waals surface area (Å²) in [7, 11) is 0. The molecule has 3 rings (SSSR count). The maximum atomic E-state index is 12.7. The molecule has 0 saturated carbocycles. The van der Waals surface area contributed by atoms with Crippen LogP contribution in [-0.2, 0) is 4.79 Å². The molecule has 0 spiro atoms. The standard InChI is InChI=1S/C20H22Cl2N2O4/c1-12-3-5-18(27-12)19(25)23-15-7-9-24(10-8-15)20(26)13(2)28-17-6-4-14(21)11-16(17)22/h3-6,11,13,15H,7-10H2,1-2H3,(H,23,25). The molecule has 1 N–H and O–H groups in total. The quantitative estimate of drug-likeness (QED) is 0.784. The first kappa shape index (κ1) is 20.6. The van der Waals surface area contributed by atoms with Crippen molar-refractivity contribution in [2.24, 2.45) is 0 Å². The zero-order valence-corrected chi connectivity index (χ0v) is 17.2. The maximum absolute atomic E-state index is 12.7. The van der Waals surface area contributed by atoms with Gasteiger partial charge in [0, 0.05) is 24.2 Å². The molecule has 6 nitrogen and oxygen atoms in total. The number of carbonyl (C=O) groups is 2. The summed E-state index contributed by atoms with van der Waals surface area (Å²) in [5.41, 5.74) is 0. The fourth-order valence-corrected chi connectivity index (χ4v) is 3.58. The van der Waals surface area contributed by atoms with Crippen molar-refractivity contribution in [1.29, 1.82) is 0 Å². The number of rotatable bonds is 5. The molecule has 1 saturated heterocycles. The van der Waals surface area contributed by atoms with Gasteiger partial charge in [0.15, 0.2) is 11.9 Å². The highest BCUT2D eigenvalue weighted by atomic mass is 35.5. The lowest BCUT2D eigenvalue weighted by molar-refractivity contribution is -0.139. The summed E-state index contributed by atoms with van der Waals surface area (Å²) >= 11 is 12.0. The van der Waals surface area contributed by atoms with E-state index in [0.717, 1.165) is 0 Å². The average Bonchev–Trinajstić information content (AvgIpc) is 3.10.